The number of amides is 1. The third-order valence-electron chi connectivity index (χ3n) is 2.62. The number of phenolic OH excluding ortho intramolecular Hbond substituents is 1. The van der Waals surface area contributed by atoms with Crippen LogP contribution in [0.4, 0.5) is 5.69 Å². The Bertz CT molecular complexity index is 659. The normalized spacial score (nSPS) is 10.2. The summed E-state index contributed by atoms with van der Waals surface area (Å²) in [5.41, 5.74) is 0.727. The van der Waals surface area contributed by atoms with Crippen molar-refractivity contribution in [3.8, 4) is 11.5 Å². The van der Waals surface area contributed by atoms with E-state index in [4.69, 9.17) is 27.9 Å². The molecule has 6 heteroatoms. The summed E-state index contributed by atoms with van der Waals surface area (Å²) >= 11 is 11.8. The Labute approximate surface area is 125 Å². The molecule has 0 aliphatic carbocycles. The maximum atomic E-state index is 12.0. The van der Waals surface area contributed by atoms with Gasteiger partial charge in [0, 0.05) is 10.6 Å². The number of carbonyl (C=O) groups excluding carboxylic acids is 1. The van der Waals surface area contributed by atoms with Crippen LogP contribution in [0.1, 0.15) is 10.4 Å². The van der Waals surface area contributed by atoms with Gasteiger partial charge in [-0.05, 0) is 36.4 Å². The Hall–Kier alpha value is -1.91. The molecule has 0 heterocycles. The lowest BCUT2D eigenvalue weighted by atomic mass is 10.2. The van der Waals surface area contributed by atoms with Crippen molar-refractivity contribution in [3.63, 3.8) is 0 Å². The van der Waals surface area contributed by atoms with E-state index in [2.05, 4.69) is 5.32 Å². The molecule has 0 aliphatic rings. The smallest absolute Gasteiger partial charge is 0.255 e. The van der Waals surface area contributed by atoms with E-state index in [-0.39, 0.29) is 11.3 Å². The molecule has 0 atom stereocenters. The number of benzene rings is 2. The van der Waals surface area contributed by atoms with E-state index in [0.717, 1.165) is 0 Å². The molecule has 0 aromatic heterocycles. The highest BCUT2D eigenvalue weighted by Crippen LogP contribution is 2.28. The summed E-state index contributed by atoms with van der Waals surface area (Å²) in [5, 5.41) is 13.1. The van der Waals surface area contributed by atoms with Crippen molar-refractivity contribution in [2.24, 2.45) is 0 Å². The van der Waals surface area contributed by atoms with E-state index < -0.39 is 5.91 Å². The molecule has 1 amide bonds. The fourth-order valence-electron chi connectivity index (χ4n) is 1.62. The minimum absolute atomic E-state index is 0.109. The molecule has 20 heavy (non-hydrogen) atoms. The minimum atomic E-state index is -0.396. The zero-order valence-corrected chi connectivity index (χ0v) is 12.0. The molecule has 0 radical (unpaired) electrons. The quantitative estimate of drug-likeness (QED) is 0.902. The summed E-state index contributed by atoms with van der Waals surface area (Å²) in [4.78, 5) is 12.0. The van der Waals surface area contributed by atoms with E-state index in [9.17, 15) is 9.90 Å². The Kier molecular flexibility index (Phi) is 4.37. The number of aromatic hydroxyl groups is 1. The van der Waals surface area contributed by atoms with Gasteiger partial charge in [0.1, 0.15) is 0 Å². The Morgan fingerprint density at radius 3 is 2.55 bits per heavy atom. The SMILES string of the molecule is COc1ccc(C(=O)Nc2ccc(Cl)cc2Cl)cc1O. The molecule has 0 spiro atoms. The van der Waals surface area contributed by atoms with Crippen LogP contribution in [0.25, 0.3) is 0 Å². The number of nitrogens with one attached hydrogen (secondary N) is 1. The summed E-state index contributed by atoms with van der Waals surface area (Å²) in [6.45, 7) is 0. The summed E-state index contributed by atoms with van der Waals surface area (Å²) < 4.78 is 4.91. The predicted molar refractivity (Wildman–Crippen MR) is 79.1 cm³/mol. The second-order valence-corrected chi connectivity index (χ2v) is 4.81. The molecule has 2 aromatic rings. The van der Waals surface area contributed by atoms with Crippen molar-refractivity contribution in [2.75, 3.05) is 12.4 Å². The van der Waals surface area contributed by atoms with E-state index in [0.29, 0.717) is 21.5 Å². The van der Waals surface area contributed by atoms with E-state index in [1.54, 1.807) is 12.1 Å². The molecule has 0 saturated heterocycles. The molecule has 0 fully saturated rings. The highest BCUT2D eigenvalue weighted by atomic mass is 35.5. The van der Waals surface area contributed by atoms with Gasteiger partial charge in [-0.15, -0.1) is 0 Å². The molecule has 0 aliphatic heterocycles. The lowest BCUT2D eigenvalue weighted by Crippen LogP contribution is -2.12. The number of hydrogen-bond acceptors (Lipinski definition) is 3. The number of halogens is 2. The van der Waals surface area contributed by atoms with Gasteiger partial charge in [-0.25, -0.2) is 0 Å². The molecule has 0 unspecified atom stereocenters. The third-order valence-corrected chi connectivity index (χ3v) is 3.17. The molecule has 2 aromatic carbocycles. The van der Waals surface area contributed by atoms with Crippen molar-refractivity contribution in [1.29, 1.82) is 0 Å². The first kappa shape index (κ1) is 14.5. The molecular formula is C14H11Cl2NO3. The van der Waals surface area contributed by atoms with Gasteiger partial charge >= 0.3 is 0 Å². The number of ether oxygens (including phenoxy) is 1. The van der Waals surface area contributed by atoms with Gasteiger partial charge < -0.3 is 15.2 Å². The number of phenols is 1. The van der Waals surface area contributed by atoms with Crippen LogP contribution in [0, 0.1) is 0 Å². The van der Waals surface area contributed by atoms with E-state index in [1.807, 2.05) is 0 Å². The van der Waals surface area contributed by atoms with Gasteiger partial charge in [-0.2, -0.15) is 0 Å². The highest BCUT2D eigenvalue weighted by Gasteiger charge is 2.11. The van der Waals surface area contributed by atoms with Gasteiger partial charge in [0.15, 0.2) is 11.5 Å². The van der Waals surface area contributed by atoms with Gasteiger partial charge in [-0.3, -0.25) is 4.79 Å². The number of rotatable bonds is 3. The van der Waals surface area contributed by atoms with Crippen LogP contribution in [-0.2, 0) is 0 Å². The van der Waals surface area contributed by atoms with Crippen molar-refractivity contribution in [1.82, 2.24) is 0 Å². The van der Waals surface area contributed by atoms with Crippen molar-refractivity contribution in [2.45, 2.75) is 0 Å². The zero-order chi connectivity index (χ0) is 14.7. The molecular weight excluding hydrogens is 301 g/mol. The second-order valence-electron chi connectivity index (χ2n) is 3.96. The van der Waals surface area contributed by atoms with Crippen LogP contribution in [0.15, 0.2) is 36.4 Å². The maximum Gasteiger partial charge on any atom is 0.255 e. The number of methoxy groups -OCH3 is 1. The van der Waals surface area contributed by atoms with Crippen LogP contribution in [0.5, 0.6) is 11.5 Å². The van der Waals surface area contributed by atoms with E-state index in [1.165, 1.54) is 31.4 Å². The standard InChI is InChI=1S/C14H11Cl2NO3/c1-20-13-5-2-8(6-12(13)18)14(19)17-11-4-3-9(15)7-10(11)16/h2-7,18H,1H3,(H,17,19). The van der Waals surface area contributed by atoms with Crippen molar-refractivity contribution >= 4 is 34.8 Å². The Morgan fingerprint density at radius 2 is 1.95 bits per heavy atom. The third kappa shape index (κ3) is 3.15. The molecule has 2 rings (SSSR count). The molecule has 2 N–H and O–H groups in total. The summed E-state index contributed by atoms with van der Waals surface area (Å²) in [7, 11) is 1.43. The van der Waals surface area contributed by atoms with Crippen molar-refractivity contribution < 1.29 is 14.6 Å². The lowest BCUT2D eigenvalue weighted by molar-refractivity contribution is 0.102. The molecule has 0 saturated carbocycles. The van der Waals surface area contributed by atoms with Gasteiger partial charge in [0.25, 0.3) is 5.91 Å². The fourth-order valence-corrected chi connectivity index (χ4v) is 2.07. The molecule has 104 valence electrons. The number of carbonyl (C=O) groups is 1. The highest BCUT2D eigenvalue weighted by molar-refractivity contribution is 6.36. The van der Waals surface area contributed by atoms with Crippen molar-refractivity contribution in [3.05, 3.63) is 52.0 Å². The monoisotopic (exact) mass is 311 g/mol. The largest absolute Gasteiger partial charge is 0.504 e. The maximum absolute atomic E-state index is 12.0. The molecule has 0 bridgehead atoms. The second kappa shape index (κ2) is 6.03. The first-order chi connectivity index (χ1) is 9.51. The number of hydrogen-bond donors (Lipinski definition) is 2. The van der Waals surface area contributed by atoms with E-state index >= 15 is 0 Å². The van der Waals surface area contributed by atoms with Crippen LogP contribution in [0.2, 0.25) is 10.0 Å². The first-order valence-electron chi connectivity index (χ1n) is 5.64. The summed E-state index contributed by atoms with van der Waals surface area (Å²) in [5.74, 6) is -0.208. The summed E-state index contributed by atoms with van der Waals surface area (Å²) in [6, 6.07) is 9.12. The summed E-state index contributed by atoms with van der Waals surface area (Å²) in [6.07, 6.45) is 0. The minimum Gasteiger partial charge on any atom is -0.504 e. The Morgan fingerprint density at radius 1 is 1.20 bits per heavy atom. The van der Waals surface area contributed by atoms with Gasteiger partial charge in [0.2, 0.25) is 0 Å². The average Bonchev–Trinajstić information content (AvgIpc) is 2.41. The number of anilines is 1. The Balaban J connectivity index is 2.21. The fraction of sp³-hybridized carbons (Fsp3) is 0.0714. The van der Waals surface area contributed by atoms with Crippen LogP contribution < -0.4 is 10.1 Å². The predicted octanol–water partition coefficient (Wildman–Crippen LogP) is 3.96. The van der Waals surface area contributed by atoms with Gasteiger partial charge in [0.05, 0.1) is 17.8 Å². The topological polar surface area (TPSA) is 58.6 Å². The zero-order valence-electron chi connectivity index (χ0n) is 10.5. The van der Waals surface area contributed by atoms with Crippen LogP contribution >= 0.6 is 23.2 Å². The van der Waals surface area contributed by atoms with Crippen LogP contribution in [-0.4, -0.2) is 18.1 Å². The first-order valence-corrected chi connectivity index (χ1v) is 6.40. The van der Waals surface area contributed by atoms with Crippen LogP contribution in [0.3, 0.4) is 0 Å². The average molecular weight is 312 g/mol. The molecule has 4 nitrogen and oxygen atoms in total. The lowest BCUT2D eigenvalue weighted by Gasteiger charge is -2.09. The van der Waals surface area contributed by atoms with Gasteiger partial charge in [-0.1, -0.05) is 23.2 Å².